The monoisotopic (exact) mass is 422 g/mol. The predicted octanol–water partition coefficient (Wildman–Crippen LogP) is 4.39. The summed E-state index contributed by atoms with van der Waals surface area (Å²) < 4.78 is 7.73. The molecule has 7 nitrogen and oxygen atoms in total. The van der Waals surface area contributed by atoms with Gasteiger partial charge in [0.2, 0.25) is 0 Å². The number of ether oxygens (including phenoxy) is 1. The number of anilines is 1. The SMILES string of the molecule is CN(CCOc1ccccc1)c1nc(-c2cccnc2)nc2c1cnn2-c1ccccc1. The Morgan fingerprint density at radius 3 is 2.41 bits per heavy atom. The zero-order valence-electron chi connectivity index (χ0n) is 17.7. The lowest BCUT2D eigenvalue weighted by Crippen LogP contribution is -2.25. The number of hydrogen-bond donors (Lipinski definition) is 0. The number of para-hydroxylation sites is 2. The Kier molecular flexibility index (Phi) is 5.45. The molecule has 5 rings (SSSR count). The van der Waals surface area contributed by atoms with Crippen LogP contribution in [-0.4, -0.2) is 44.9 Å². The van der Waals surface area contributed by atoms with E-state index in [-0.39, 0.29) is 0 Å². The van der Waals surface area contributed by atoms with Crippen molar-refractivity contribution in [2.45, 2.75) is 0 Å². The molecule has 158 valence electrons. The van der Waals surface area contributed by atoms with Crippen molar-refractivity contribution in [3.8, 4) is 22.8 Å². The van der Waals surface area contributed by atoms with Crippen molar-refractivity contribution in [3.05, 3.63) is 91.4 Å². The summed E-state index contributed by atoms with van der Waals surface area (Å²) in [6, 6.07) is 23.6. The van der Waals surface area contributed by atoms with Crippen LogP contribution < -0.4 is 9.64 Å². The van der Waals surface area contributed by atoms with Crippen LogP contribution >= 0.6 is 0 Å². The predicted molar refractivity (Wildman–Crippen MR) is 125 cm³/mol. The second kappa shape index (κ2) is 8.85. The van der Waals surface area contributed by atoms with Gasteiger partial charge in [0.15, 0.2) is 11.5 Å². The molecule has 0 aliphatic carbocycles. The first-order valence-electron chi connectivity index (χ1n) is 10.4. The van der Waals surface area contributed by atoms with Gasteiger partial charge < -0.3 is 9.64 Å². The van der Waals surface area contributed by atoms with Gasteiger partial charge in [-0.3, -0.25) is 4.98 Å². The molecule has 2 aromatic carbocycles. The average Bonchev–Trinajstić information content (AvgIpc) is 3.29. The fraction of sp³-hybridized carbons (Fsp3) is 0.120. The molecule has 0 atom stereocenters. The quantitative estimate of drug-likeness (QED) is 0.387. The first kappa shape index (κ1) is 19.7. The highest BCUT2D eigenvalue weighted by Gasteiger charge is 2.18. The fourth-order valence-corrected chi connectivity index (χ4v) is 3.49. The maximum absolute atomic E-state index is 5.88. The molecule has 3 heterocycles. The van der Waals surface area contributed by atoms with Gasteiger partial charge in [0.05, 0.1) is 23.8 Å². The Labute approximate surface area is 186 Å². The van der Waals surface area contributed by atoms with Gasteiger partial charge in [0.1, 0.15) is 18.2 Å². The van der Waals surface area contributed by atoms with E-state index in [4.69, 9.17) is 14.7 Å². The molecule has 0 aliphatic heterocycles. The molecule has 0 bridgehead atoms. The molecule has 0 spiro atoms. The first-order valence-corrected chi connectivity index (χ1v) is 10.4. The van der Waals surface area contributed by atoms with Crippen molar-refractivity contribution < 1.29 is 4.74 Å². The summed E-state index contributed by atoms with van der Waals surface area (Å²) in [5.41, 5.74) is 2.54. The maximum Gasteiger partial charge on any atom is 0.169 e. The van der Waals surface area contributed by atoms with Crippen molar-refractivity contribution in [1.29, 1.82) is 0 Å². The summed E-state index contributed by atoms with van der Waals surface area (Å²) in [4.78, 5) is 16.0. The van der Waals surface area contributed by atoms with Gasteiger partial charge in [-0.25, -0.2) is 14.6 Å². The fourth-order valence-electron chi connectivity index (χ4n) is 3.49. The minimum absolute atomic E-state index is 0.529. The van der Waals surface area contributed by atoms with Crippen molar-refractivity contribution in [2.75, 3.05) is 25.1 Å². The van der Waals surface area contributed by atoms with Crippen LogP contribution in [0.3, 0.4) is 0 Å². The van der Waals surface area contributed by atoms with Crippen LogP contribution in [-0.2, 0) is 0 Å². The molecule has 3 aromatic heterocycles. The van der Waals surface area contributed by atoms with E-state index in [0.717, 1.165) is 33.9 Å². The third-order valence-corrected chi connectivity index (χ3v) is 5.13. The normalized spacial score (nSPS) is 10.9. The number of likely N-dealkylation sites (N-methyl/N-ethyl adjacent to an activating group) is 1. The van der Waals surface area contributed by atoms with Crippen LogP contribution in [0.25, 0.3) is 28.1 Å². The number of aromatic nitrogens is 5. The summed E-state index contributed by atoms with van der Waals surface area (Å²) in [5, 5.41) is 5.49. The van der Waals surface area contributed by atoms with Crippen LogP contribution in [0.1, 0.15) is 0 Å². The number of rotatable bonds is 7. The van der Waals surface area contributed by atoms with Gasteiger partial charge in [0, 0.05) is 25.0 Å². The van der Waals surface area contributed by atoms with E-state index < -0.39 is 0 Å². The molecule has 0 saturated carbocycles. The van der Waals surface area contributed by atoms with E-state index in [2.05, 4.69) is 15.0 Å². The molecule has 0 saturated heterocycles. The molecule has 0 N–H and O–H groups in total. The summed E-state index contributed by atoms with van der Waals surface area (Å²) in [6.45, 7) is 1.19. The Morgan fingerprint density at radius 2 is 1.66 bits per heavy atom. The Bertz CT molecular complexity index is 1310. The smallest absolute Gasteiger partial charge is 0.169 e. The minimum Gasteiger partial charge on any atom is -0.492 e. The number of pyridine rings is 1. The van der Waals surface area contributed by atoms with E-state index in [9.17, 15) is 0 Å². The van der Waals surface area contributed by atoms with Crippen molar-refractivity contribution >= 4 is 16.9 Å². The molecule has 0 amide bonds. The van der Waals surface area contributed by atoms with E-state index in [1.165, 1.54) is 0 Å². The molecule has 0 fully saturated rings. The molecule has 32 heavy (non-hydrogen) atoms. The molecule has 0 unspecified atom stereocenters. The van der Waals surface area contributed by atoms with Crippen LogP contribution in [0.5, 0.6) is 5.75 Å². The third-order valence-electron chi connectivity index (χ3n) is 5.13. The Balaban J connectivity index is 1.52. The zero-order valence-corrected chi connectivity index (χ0v) is 17.7. The van der Waals surface area contributed by atoms with E-state index >= 15 is 0 Å². The van der Waals surface area contributed by atoms with E-state index in [0.29, 0.717) is 19.0 Å². The highest BCUT2D eigenvalue weighted by atomic mass is 16.5. The standard InChI is InChI=1S/C25H22N6O/c1-30(15-16-32-21-12-6-3-7-13-21)24-22-18-27-31(20-10-4-2-5-11-20)25(22)29-23(28-24)19-9-8-14-26-17-19/h2-14,17-18H,15-16H2,1H3. The second-order valence-corrected chi connectivity index (χ2v) is 7.32. The zero-order chi connectivity index (χ0) is 21.8. The van der Waals surface area contributed by atoms with E-state index in [1.54, 1.807) is 12.4 Å². The van der Waals surface area contributed by atoms with Gasteiger partial charge in [-0.15, -0.1) is 0 Å². The summed E-state index contributed by atoms with van der Waals surface area (Å²) >= 11 is 0. The van der Waals surface area contributed by atoms with Gasteiger partial charge >= 0.3 is 0 Å². The van der Waals surface area contributed by atoms with Crippen LogP contribution in [0.2, 0.25) is 0 Å². The molecule has 5 aromatic rings. The van der Waals surface area contributed by atoms with Crippen molar-refractivity contribution in [3.63, 3.8) is 0 Å². The highest BCUT2D eigenvalue weighted by molar-refractivity contribution is 5.89. The molecular weight excluding hydrogens is 400 g/mol. The Morgan fingerprint density at radius 1 is 0.875 bits per heavy atom. The lowest BCUT2D eigenvalue weighted by atomic mass is 10.2. The highest BCUT2D eigenvalue weighted by Crippen LogP contribution is 2.28. The lowest BCUT2D eigenvalue weighted by Gasteiger charge is -2.20. The number of benzene rings is 2. The number of fused-ring (bicyclic) bond motifs is 1. The second-order valence-electron chi connectivity index (χ2n) is 7.32. The topological polar surface area (TPSA) is 69.0 Å². The largest absolute Gasteiger partial charge is 0.492 e. The number of hydrogen-bond acceptors (Lipinski definition) is 6. The average molecular weight is 422 g/mol. The molecular formula is C25H22N6O. The Hall–Kier alpha value is -4.26. The first-order chi connectivity index (χ1) is 15.8. The van der Waals surface area contributed by atoms with Crippen LogP contribution in [0, 0.1) is 0 Å². The summed E-state index contributed by atoms with van der Waals surface area (Å²) in [6.07, 6.45) is 5.33. The molecule has 7 heteroatoms. The van der Waals surface area contributed by atoms with E-state index in [1.807, 2.05) is 90.7 Å². The van der Waals surface area contributed by atoms with Gasteiger partial charge in [-0.05, 0) is 36.4 Å². The van der Waals surface area contributed by atoms with Crippen LogP contribution in [0.15, 0.2) is 91.4 Å². The minimum atomic E-state index is 0.529. The van der Waals surface area contributed by atoms with Gasteiger partial charge in [0.25, 0.3) is 0 Å². The summed E-state index contributed by atoms with van der Waals surface area (Å²) in [7, 11) is 2.00. The third kappa shape index (κ3) is 4.00. The number of nitrogens with zero attached hydrogens (tertiary/aromatic N) is 6. The van der Waals surface area contributed by atoms with Crippen molar-refractivity contribution in [1.82, 2.24) is 24.7 Å². The van der Waals surface area contributed by atoms with Crippen LogP contribution in [0.4, 0.5) is 5.82 Å². The molecule has 0 aliphatic rings. The summed E-state index contributed by atoms with van der Waals surface area (Å²) in [5.74, 6) is 2.25. The molecule has 0 radical (unpaired) electrons. The van der Waals surface area contributed by atoms with Gasteiger partial charge in [-0.2, -0.15) is 5.10 Å². The van der Waals surface area contributed by atoms with Gasteiger partial charge in [-0.1, -0.05) is 36.4 Å². The van der Waals surface area contributed by atoms with Crippen molar-refractivity contribution in [2.24, 2.45) is 0 Å². The lowest BCUT2D eigenvalue weighted by molar-refractivity contribution is 0.326. The maximum atomic E-state index is 5.88.